The minimum Gasteiger partial charge on any atom is -0.476 e. The summed E-state index contributed by atoms with van der Waals surface area (Å²) in [5.74, 6) is 1.49. The number of nitrogens with one attached hydrogen (secondary N) is 2. The van der Waals surface area contributed by atoms with Crippen molar-refractivity contribution in [1.82, 2.24) is 14.9 Å². The number of para-hydroxylation sites is 1. The van der Waals surface area contributed by atoms with Gasteiger partial charge >= 0.3 is 6.03 Å². The van der Waals surface area contributed by atoms with Crippen molar-refractivity contribution in [1.29, 1.82) is 0 Å². The minimum atomic E-state index is -0.353. The molecule has 0 aliphatic carbocycles. The van der Waals surface area contributed by atoms with Crippen LogP contribution in [0.5, 0.6) is 5.88 Å². The third-order valence-electron chi connectivity index (χ3n) is 5.36. The average molecular weight is 427 g/mol. The number of anilines is 3. The van der Waals surface area contributed by atoms with E-state index >= 15 is 0 Å². The lowest BCUT2D eigenvalue weighted by Gasteiger charge is -2.27. The number of carbonyl (C=O) groups is 1. The first-order chi connectivity index (χ1) is 15.3. The molecule has 0 spiro atoms. The molecule has 0 radical (unpaired) electrons. The van der Waals surface area contributed by atoms with E-state index in [1.807, 2.05) is 30.3 Å². The van der Waals surface area contributed by atoms with Crippen LogP contribution < -0.4 is 20.3 Å². The molecule has 2 amide bonds. The number of rotatable bonds is 7. The first-order valence-corrected chi connectivity index (χ1v) is 11.0. The molecule has 3 heterocycles. The fraction of sp³-hybridized carbons (Fsp3) is 0.500. The van der Waals surface area contributed by atoms with Gasteiger partial charge in [-0.1, -0.05) is 18.2 Å². The second-order valence-electron chi connectivity index (χ2n) is 7.69. The maximum atomic E-state index is 12.4. The number of carbonyl (C=O) groups excluding carboxylic acids is 1. The molecule has 2 aliphatic heterocycles. The number of amides is 2. The van der Waals surface area contributed by atoms with Crippen LogP contribution in [0.2, 0.25) is 0 Å². The fourth-order valence-electron chi connectivity index (χ4n) is 3.69. The molecule has 0 bridgehead atoms. The van der Waals surface area contributed by atoms with Crippen molar-refractivity contribution in [2.24, 2.45) is 0 Å². The van der Waals surface area contributed by atoms with Crippen LogP contribution in [-0.2, 0) is 4.74 Å². The molecule has 0 unspecified atom stereocenters. The molecule has 9 nitrogen and oxygen atoms in total. The van der Waals surface area contributed by atoms with Gasteiger partial charge in [-0.2, -0.15) is 9.97 Å². The normalized spacial score (nSPS) is 17.2. The largest absolute Gasteiger partial charge is 0.476 e. The highest BCUT2D eigenvalue weighted by Gasteiger charge is 2.17. The summed E-state index contributed by atoms with van der Waals surface area (Å²) in [7, 11) is 0. The zero-order valence-corrected chi connectivity index (χ0v) is 17.8. The van der Waals surface area contributed by atoms with E-state index in [-0.39, 0.29) is 6.03 Å². The van der Waals surface area contributed by atoms with E-state index in [1.165, 1.54) is 6.42 Å². The number of urea groups is 1. The first-order valence-electron chi connectivity index (χ1n) is 11.0. The minimum absolute atomic E-state index is 0.353. The zero-order chi connectivity index (χ0) is 21.3. The summed E-state index contributed by atoms with van der Waals surface area (Å²) in [6.45, 7) is 6.50. The molecule has 2 saturated heterocycles. The van der Waals surface area contributed by atoms with E-state index in [2.05, 4.69) is 30.4 Å². The molecule has 9 heteroatoms. The van der Waals surface area contributed by atoms with E-state index in [9.17, 15) is 4.79 Å². The maximum Gasteiger partial charge on any atom is 0.324 e. The summed E-state index contributed by atoms with van der Waals surface area (Å²) in [6.07, 6.45) is 3.45. The molecule has 1 aromatic heterocycles. The van der Waals surface area contributed by atoms with Crippen molar-refractivity contribution in [3.05, 3.63) is 36.4 Å². The summed E-state index contributed by atoms with van der Waals surface area (Å²) in [5.41, 5.74) is 0.715. The highest BCUT2D eigenvalue weighted by Crippen LogP contribution is 2.22. The zero-order valence-electron chi connectivity index (χ0n) is 17.8. The van der Waals surface area contributed by atoms with Crippen molar-refractivity contribution < 1.29 is 14.3 Å². The van der Waals surface area contributed by atoms with E-state index < -0.39 is 0 Å². The summed E-state index contributed by atoms with van der Waals surface area (Å²) >= 11 is 0. The third-order valence-corrected chi connectivity index (χ3v) is 5.36. The van der Waals surface area contributed by atoms with Gasteiger partial charge in [0.05, 0.1) is 13.2 Å². The van der Waals surface area contributed by atoms with Crippen molar-refractivity contribution in [3.63, 3.8) is 0 Å². The highest BCUT2D eigenvalue weighted by atomic mass is 16.5. The molecule has 2 aliphatic rings. The Kier molecular flexibility index (Phi) is 7.51. The third kappa shape index (κ3) is 6.53. The quantitative estimate of drug-likeness (QED) is 0.703. The molecule has 166 valence electrons. The van der Waals surface area contributed by atoms with E-state index in [1.54, 1.807) is 6.07 Å². The number of hydrogen-bond acceptors (Lipinski definition) is 7. The molecular weight excluding hydrogens is 396 g/mol. The summed E-state index contributed by atoms with van der Waals surface area (Å²) in [6, 6.07) is 10.6. The Balaban J connectivity index is 1.42. The van der Waals surface area contributed by atoms with Gasteiger partial charge in [0, 0.05) is 44.5 Å². The SMILES string of the molecule is O=C(Nc1ccccc1)Nc1cc(OCCN2CCOCC2)nc(N2CCCCC2)n1. The predicted octanol–water partition coefficient (Wildman–Crippen LogP) is 2.82. The van der Waals surface area contributed by atoms with E-state index in [0.29, 0.717) is 29.9 Å². The Hall–Kier alpha value is -2.91. The number of nitrogens with zero attached hydrogens (tertiary/aromatic N) is 4. The number of aromatic nitrogens is 2. The summed E-state index contributed by atoms with van der Waals surface area (Å²) < 4.78 is 11.3. The van der Waals surface area contributed by atoms with Gasteiger partial charge in [-0.3, -0.25) is 10.2 Å². The molecule has 1 aromatic carbocycles. The van der Waals surface area contributed by atoms with Crippen LogP contribution >= 0.6 is 0 Å². The lowest BCUT2D eigenvalue weighted by atomic mass is 10.1. The predicted molar refractivity (Wildman–Crippen MR) is 120 cm³/mol. The van der Waals surface area contributed by atoms with Gasteiger partial charge < -0.3 is 19.7 Å². The number of hydrogen-bond donors (Lipinski definition) is 2. The Labute approximate surface area is 182 Å². The van der Waals surface area contributed by atoms with Crippen LogP contribution in [0.1, 0.15) is 19.3 Å². The van der Waals surface area contributed by atoms with Gasteiger partial charge in [-0.25, -0.2) is 4.79 Å². The standard InChI is InChI=1S/C22H30N6O3/c29-22(23-18-7-3-1-4-8-18)25-19-17-20(31-16-13-27-11-14-30-15-12-27)26-21(24-19)28-9-5-2-6-10-28/h1,3-4,7-8,17H,2,5-6,9-16H2,(H2,23,24,25,26,29). The van der Waals surface area contributed by atoms with Gasteiger partial charge in [-0.15, -0.1) is 0 Å². The van der Waals surface area contributed by atoms with Gasteiger partial charge in [0.15, 0.2) is 0 Å². The van der Waals surface area contributed by atoms with Crippen molar-refractivity contribution >= 4 is 23.5 Å². The van der Waals surface area contributed by atoms with Crippen molar-refractivity contribution in [2.45, 2.75) is 19.3 Å². The number of morpholine rings is 1. The van der Waals surface area contributed by atoms with E-state index in [0.717, 1.165) is 58.8 Å². The second-order valence-corrected chi connectivity index (χ2v) is 7.69. The van der Waals surface area contributed by atoms with Gasteiger partial charge in [-0.05, 0) is 31.4 Å². The van der Waals surface area contributed by atoms with E-state index in [4.69, 9.17) is 9.47 Å². The van der Waals surface area contributed by atoms with Crippen LogP contribution in [-0.4, -0.2) is 73.4 Å². The molecule has 4 rings (SSSR count). The Morgan fingerprint density at radius 2 is 1.77 bits per heavy atom. The van der Waals surface area contributed by atoms with Gasteiger partial charge in [0.1, 0.15) is 12.4 Å². The Morgan fingerprint density at radius 3 is 2.55 bits per heavy atom. The first kappa shape index (κ1) is 21.3. The lowest BCUT2D eigenvalue weighted by Crippen LogP contribution is -2.38. The smallest absolute Gasteiger partial charge is 0.324 e. The Morgan fingerprint density at radius 1 is 1.00 bits per heavy atom. The maximum absolute atomic E-state index is 12.4. The second kappa shape index (κ2) is 10.9. The van der Waals surface area contributed by atoms with Crippen LogP contribution in [0.25, 0.3) is 0 Å². The lowest BCUT2D eigenvalue weighted by molar-refractivity contribution is 0.0320. The van der Waals surface area contributed by atoms with Crippen LogP contribution in [0.3, 0.4) is 0 Å². The van der Waals surface area contributed by atoms with Crippen LogP contribution in [0.15, 0.2) is 36.4 Å². The average Bonchev–Trinajstić information content (AvgIpc) is 2.81. The topological polar surface area (TPSA) is 91.8 Å². The molecular formula is C22H30N6O3. The molecule has 0 saturated carbocycles. The summed E-state index contributed by atoms with van der Waals surface area (Å²) in [4.78, 5) is 26.1. The monoisotopic (exact) mass is 426 g/mol. The van der Waals surface area contributed by atoms with Crippen LogP contribution in [0.4, 0.5) is 22.2 Å². The molecule has 2 aromatic rings. The Bertz CT molecular complexity index is 838. The van der Waals surface area contributed by atoms with Gasteiger partial charge in [0.2, 0.25) is 11.8 Å². The van der Waals surface area contributed by atoms with Crippen molar-refractivity contribution in [2.75, 3.05) is 68.1 Å². The number of benzene rings is 1. The number of piperidine rings is 1. The summed E-state index contributed by atoms with van der Waals surface area (Å²) in [5, 5.41) is 5.63. The van der Waals surface area contributed by atoms with Crippen molar-refractivity contribution in [3.8, 4) is 5.88 Å². The fourth-order valence-corrected chi connectivity index (χ4v) is 3.69. The highest BCUT2D eigenvalue weighted by molar-refractivity contribution is 5.99. The molecule has 31 heavy (non-hydrogen) atoms. The van der Waals surface area contributed by atoms with Crippen LogP contribution in [0, 0.1) is 0 Å². The molecule has 0 atom stereocenters. The molecule has 2 fully saturated rings. The van der Waals surface area contributed by atoms with Gasteiger partial charge in [0.25, 0.3) is 0 Å². The number of ether oxygens (including phenoxy) is 2. The molecule has 2 N–H and O–H groups in total.